The zero-order valence-electron chi connectivity index (χ0n) is 43.6. The second-order valence-corrected chi connectivity index (χ2v) is 18.1. The Bertz CT molecular complexity index is 1350. The SMILES string of the molecule is CC/C=C\C/C=C\C/C=C\C/C=C\C/C=C\C/C=C\CCC(=O)OCC(COC(=O)CCCCCCC/C=C\CCCC)OC(=O)CCCCCCCCCCC/C=C\CCCCCCCC. The molecule has 0 aromatic carbocycles. The van der Waals surface area contributed by atoms with Crippen LogP contribution in [0.1, 0.15) is 252 Å². The summed E-state index contributed by atoms with van der Waals surface area (Å²) in [5.74, 6) is -1.00. The molecule has 0 bridgehead atoms. The van der Waals surface area contributed by atoms with Gasteiger partial charge in [0.15, 0.2) is 6.10 Å². The van der Waals surface area contributed by atoms with E-state index in [1.54, 1.807) is 0 Å². The molecule has 0 aromatic rings. The van der Waals surface area contributed by atoms with Crippen molar-refractivity contribution in [2.24, 2.45) is 0 Å². The van der Waals surface area contributed by atoms with Gasteiger partial charge in [0.2, 0.25) is 0 Å². The summed E-state index contributed by atoms with van der Waals surface area (Å²) in [4.78, 5) is 38.0. The van der Waals surface area contributed by atoms with Crippen molar-refractivity contribution < 1.29 is 28.6 Å². The van der Waals surface area contributed by atoms with Crippen LogP contribution in [0.3, 0.4) is 0 Å². The highest BCUT2D eigenvalue weighted by Gasteiger charge is 2.19. The van der Waals surface area contributed by atoms with Gasteiger partial charge in [-0.1, -0.05) is 227 Å². The molecule has 67 heavy (non-hydrogen) atoms. The fourth-order valence-electron chi connectivity index (χ4n) is 7.38. The van der Waals surface area contributed by atoms with Crippen LogP contribution in [-0.4, -0.2) is 37.2 Å². The normalized spacial score (nSPS) is 12.8. The van der Waals surface area contributed by atoms with E-state index in [2.05, 4.69) is 112 Å². The van der Waals surface area contributed by atoms with Crippen LogP contribution in [0.4, 0.5) is 0 Å². The van der Waals surface area contributed by atoms with Crippen LogP contribution >= 0.6 is 0 Å². The van der Waals surface area contributed by atoms with Crippen molar-refractivity contribution in [3.05, 3.63) is 97.2 Å². The molecular formula is C61H102O6. The standard InChI is InChI=1S/C61H102O6/c1-4-7-10-13-16-19-22-24-26-28-30-32-34-36-39-42-45-48-51-54-60(63)66-57-58(56-65-59(62)53-50-47-44-41-38-21-18-15-12-9-6-3)67-61(64)55-52-49-46-43-40-37-35-33-31-29-27-25-23-20-17-14-11-8-5-2/h7,10,15-16,18-19,24-27,30,32,36,39,45,48,58H,4-6,8-9,11-14,17,20-23,28-29,31,33-35,37-38,40-44,46-47,49-57H2,1-3H3/b10-7-,18-15-,19-16-,26-24-,27-25-,32-30-,39-36-,48-45-. The molecule has 0 heterocycles. The number of carbonyl (C=O) groups is 3. The predicted molar refractivity (Wildman–Crippen MR) is 288 cm³/mol. The molecule has 0 radical (unpaired) electrons. The van der Waals surface area contributed by atoms with Gasteiger partial charge in [0.05, 0.1) is 0 Å². The molecule has 382 valence electrons. The number of ether oxygens (including phenoxy) is 3. The van der Waals surface area contributed by atoms with Gasteiger partial charge in [-0.15, -0.1) is 0 Å². The van der Waals surface area contributed by atoms with Gasteiger partial charge in [-0.05, 0) is 103 Å². The molecule has 0 aliphatic rings. The number of allylic oxidation sites excluding steroid dienone is 16. The Morgan fingerprint density at radius 2 is 0.627 bits per heavy atom. The third kappa shape index (κ3) is 53.2. The maximum atomic E-state index is 12.8. The average molecular weight is 931 g/mol. The van der Waals surface area contributed by atoms with Gasteiger partial charge >= 0.3 is 17.9 Å². The fourth-order valence-corrected chi connectivity index (χ4v) is 7.38. The Balaban J connectivity index is 4.46. The van der Waals surface area contributed by atoms with Crippen molar-refractivity contribution in [2.75, 3.05) is 13.2 Å². The topological polar surface area (TPSA) is 78.9 Å². The molecule has 6 nitrogen and oxygen atoms in total. The summed E-state index contributed by atoms with van der Waals surface area (Å²) in [5, 5.41) is 0. The average Bonchev–Trinajstić information content (AvgIpc) is 3.33. The first-order valence-corrected chi connectivity index (χ1v) is 27.7. The quantitative estimate of drug-likeness (QED) is 0.0262. The Morgan fingerprint density at radius 1 is 0.313 bits per heavy atom. The monoisotopic (exact) mass is 931 g/mol. The third-order valence-electron chi connectivity index (χ3n) is 11.6. The van der Waals surface area contributed by atoms with Crippen LogP contribution in [-0.2, 0) is 28.6 Å². The van der Waals surface area contributed by atoms with Crippen molar-refractivity contribution in [1.29, 1.82) is 0 Å². The van der Waals surface area contributed by atoms with E-state index in [9.17, 15) is 14.4 Å². The van der Waals surface area contributed by atoms with Gasteiger partial charge in [0.1, 0.15) is 13.2 Å². The molecule has 0 aliphatic heterocycles. The predicted octanol–water partition coefficient (Wildman–Crippen LogP) is 18.5. The minimum atomic E-state index is -0.813. The molecule has 0 amide bonds. The minimum Gasteiger partial charge on any atom is -0.462 e. The molecule has 0 saturated heterocycles. The summed E-state index contributed by atoms with van der Waals surface area (Å²) in [7, 11) is 0. The molecule has 6 heteroatoms. The molecule has 1 unspecified atom stereocenters. The van der Waals surface area contributed by atoms with E-state index in [4.69, 9.17) is 14.2 Å². The van der Waals surface area contributed by atoms with Crippen molar-refractivity contribution in [3.8, 4) is 0 Å². The van der Waals surface area contributed by atoms with Crippen molar-refractivity contribution in [3.63, 3.8) is 0 Å². The summed E-state index contributed by atoms with van der Waals surface area (Å²) in [5.41, 5.74) is 0. The van der Waals surface area contributed by atoms with Gasteiger partial charge in [-0.25, -0.2) is 0 Å². The van der Waals surface area contributed by atoms with Gasteiger partial charge < -0.3 is 14.2 Å². The first-order valence-electron chi connectivity index (χ1n) is 27.7. The number of carbonyl (C=O) groups excluding carboxylic acids is 3. The van der Waals surface area contributed by atoms with Gasteiger partial charge in [-0.2, -0.15) is 0 Å². The zero-order valence-corrected chi connectivity index (χ0v) is 43.6. The van der Waals surface area contributed by atoms with E-state index in [0.717, 1.165) is 89.9 Å². The first-order chi connectivity index (χ1) is 33.0. The van der Waals surface area contributed by atoms with E-state index < -0.39 is 6.10 Å². The largest absolute Gasteiger partial charge is 0.462 e. The van der Waals surface area contributed by atoms with Gasteiger partial charge in [0.25, 0.3) is 0 Å². The van der Waals surface area contributed by atoms with E-state index in [0.29, 0.717) is 19.3 Å². The number of unbranched alkanes of at least 4 members (excludes halogenated alkanes) is 22. The lowest BCUT2D eigenvalue weighted by Crippen LogP contribution is -2.30. The van der Waals surface area contributed by atoms with E-state index >= 15 is 0 Å². The Kier molecular flexibility index (Phi) is 51.9. The summed E-state index contributed by atoms with van der Waals surface area (Å²) in [6.07, 6.45) is 72.7. The second-order valence-electron chi connectivity index (χ2n) is 18.1. The van der Waals surface area contributed by atoms with Crippen molar-refractivity contribution in [2.45, 2.75) is 258 Å². The fraction of sp³-hybridized carbons (Fsp3) is 0.689. The Morgan fingerprint density at radius 3 is 1.04 bits per heavy atom. The van der Waals surface area contributed by atoms with Crippen LogP contribution in [0.2, 0.25) is 0 Å². The van der Waals surface area contributed by atoms with Crippen LogP contribution in [0, 0.1) is 0 Å². The van der Waals surface area contributed by atoms with E-state index in [1.165, 1.54) is 116 Å². The lowest BCUT2D eigenvalue weighted by atomic mass is 10.1. The summed E-state index contributed by atoms with van der Waals surface area (Å²) in [6.45, 7) is 6.41. The van der Waals surface area contributed by atoms with Crippen molar-refractivity contribution >= 4 is 17.9 Å². The molecule has 0 aliphatic carbocycles. The smallest absolute Gasteiger partial charge is 0.306 e. The van der Waals surface area contributed by atoms with E-state index in [1.807, 2.05) is 6.08 Å². The highest BCUT2D eigenvalue weighted by molar-refractivity contribution is 5.71. The van der Waals surface area contributed by atoms with E-state index in [-0.39, 0.29) is 37.5 Å². The van der Waals surface area contributed by atoms with Crippen LogP contribution in [0.25, 0.3) is 0 Å². The Hall–Kier alpha value is -3.67. The number of hydrogen-bond donors (Lipinski definition) is 0. The van der Waals surface area contributed by atoms with Crippen molar-refractivity contribution in [1.82, 2.24) is 0 Å². The molecule has 0 spiro atoms. The highest BCUT2D eigenvalue weighted by Crippen LogP contribution is 2.14. The number of hydrogen-bond acceptors (Lipinski definition) is 6. The molecule has 1 atom stereocenters. The lowest BCUT2D eigenvalue weighted by Gasteiger charge is -2.18. The number of esters is 3. The summed E-state index contributed by atoms with van der Waals surface area (Å²) >= 11 is 0. The van der Waals surface area contributed by atoms with Gasteiger partial charge in [-0.3, -0.25) is 14.4 Å². The highest BCUT2D eigenvalue weighted by atomic mass is 16.6. The van der Waals surface area contributed by atoms with Crippen LogP contribution in [0.15, 0.2) is 97.2 Å². The molecule has 0 aromatic heterocycles. The zero-order chi connectivity index (χ0) is 48.6. The molecule has 0 rings (SSSR count). The molecule has 0 fully saturated rings. The molecule has 0 saturated carbocycles. The molecular weight excluding hydrogens is 829 g/mol. The molecule has 0 N–H and O–H groups in total. The minimum absolute atomic E-state index is 0.106. The summed E-state index contributed by atoms with van der Waals surface area (Å²) < 4.78 is 16.7. The lowest BCUT2D eigenvalue weighted by molar-refractivity contribution is -0.166. The maximum Gasteiger partial charge on any atom is 0.306 e. The number of rotatable bonds is 49. The first kappa shape index (κ1) is 63.3. The van der Waals surface area contributed by atoms with Crippen LogP contribution < -0.4 is 0 Å². The van der Waals surface area contributed by atoms with Gasteiger partial charge in [0, 0.05) is 19.3 Å². The second kappa shape index (κ2) is 54.9. The van der Waals surface area contributed by atoms with Crippen LogP contribution in [0.5, 0.6) is 0 Å². The third-order valence-corrected chi connectivity index (χ3v) is 11.6. The maximum absolute atomic E-state index is 12.8. The Labute approximate surface area is 413 Å². The summed E-state index contributed by atoms with van der Waals surface area (Å²) in [6, 6.07) is 0.